The van der Waals surface area contributed by atoms with Crippen molar-refractivity contribution in [3.63, 3.8) is 0 Å². The van der Waals surface area contributed by atoms with Gasteiger partial charge in [0.2, 0.25) is 0 Å². The van der Waals surface area contributed by atoms with Crippen LogP contribution in [0.5, 0.6) is 5.75 Å². The number of hydrogen-bond acceptors (Lipinski definition) is 4. The first-order chi connectivity index (χ1) is 11.6. The van der Waals surface area contributed by atoms with Crippen LogP contribution in [0.15, 0.2) is 35.5 Å². The van der Waals surface area contributed by atoms with Crippen molar-refractivity contribution >= 4 is 17.3 Å². The molecular formula is C17H23FN4OS. The van der Waals surface area contributed by atoms with E-state index in [0.717, 1.165) is 17.5 Å². The van der Waals surface area contributed by atoms with Gasteiger partial charge in [-0.3, -0.25) is 0 Å². The third-order valence-corrected chi connectivity index (χ3v) is 4.14. The van der Waals surface area contributed by atoms with Gasteiger partial charge in [0, 0.05) is 24.7 Å². The van der Waals surface area contributed by atoms with Crippen molar-refractivity contribution in [3.8, 4) is 5.75 Å². The van der Waals surface area contributed by atoms with Gasteiger partial charge in [-0.25, -0.2) is 14.4 Å². The highest BCUT2D eigenvalue weighted by molar-refractivity contribution is 7.11. The maximum atomic E-state index is 12.9. The van der Waals surface area contributed by atoms with E-state index in [-0.39, 0.29) is 5.82 Å². The van der Waals surface area contributed by atoms with E-state index in [2.05, 4.69) is 15.3 Å². The van der Waals surface area contributed by atoms with Crippen molar-refractivity contribution < 1.29 is 9.13 Å². The quantitative estimate of drug-likeness (QED) is 0.616. The van der Waals surface area contributed by atoms with Gasteiger partial charge in [-0.1, -0.05) is 0 Å². The number of aromatic nitrogens is 1. The van der Waals surface area contributed by atoms with Crippen LogP contribution in [-0.4, -0.2) is 42.6 Å². The van der Waals surface area contributed by atoms with Crippen LogP contribution in [0.4, 0.5) is 4.39 Å². The van der Waals surface area contributed by atoms with Gasteiger partial charge in [0.15, 0.2) is 5.96 Å². The molecule has 0 saturated carbocycles. The number of guanidine groups is 1. The Morgan fingerprint density at radius 1 is 1.38 bits per heavy atom. The normalized spacial score (nSPS) is 11.4. The molecule has 130 valence electrons. The number of benzene rings is 1. The number of ether oxygens (including phenoxy) is 1. The maximum Gasteiger partial charge on any atom is 0.194 e. The van der Waals surface area contributed by atoms with Gasteiger partial charge in [-0.15, -0.1) is 11.3 Å². The molecule has 0 saturated heterocycles. The van der Waals surface area contributed by atoms with Gasteiger partial charge >= 0.3 is 0 Å². The number of hydrogen-bond donors (Lipinski definition) is 1. The molecule has 1 N–H and O–H groups in total. The standard InChI is InChI=1S/C17H23FN4OS/c1-4-19-17(21-12-16-20-11-13(2)24-16)22(3)9-10-23-15-7-5-14(18)6-8-15/h5-8,11H,4,9-10,12H2,1-3H3,(H,19,21). The first-order valence-electron chi connectivity index (χ1n) is 7.87. The summed E-state index contributed by atoms with van der Waals surface area (Å²) in [4.78, 5) is 12.1. The van der Waals surface area contributed by atoms with Crippen LogP contribution in [0.25, 0.3) is 0 Å². The summed E-state index contributed by atoms with van der Waals surface area (Å²) < 4.78 is 18.5. The molecule has 2 aromatic rings. The summed E-state index contributed by atoms with van der Waals surface area (Å²) in [5, 5.41) is 4.26. The number of nitrogens with zero attached hydrogens (tertiary/aromatic N) is 3. The fourth-order valence-electron chi connectivity index (χ4n) is 2.02. The zero-order valence-corrected chi connectivity index (χ0v) is 15.1. The summed E-state index contributed by atoms with van der Waals surface area (Å²) in [5.74, 6) is 1.21. The molecule has 0 aliphatic rings. The summed E-state index contributed by atoms with van der Waals surface area (Å²) in [7, 11) is 1.96. The Bertz CT molecular complexity index is 657. The first-order valence-corrected chi connectivity index (χ1v) is 8.69. The topological polar surface area (TPSA) is 49.8 Å². The van der Waals surface area contributed by atoms with Crippen LogP contribution < -0.4 is 10.1 Å². The zero-order valence-electron chi connectivity index (χ0n) is 14.3. The molecule has 1 heterocycles. The Balaban J connectivity index is 1.85. The van der Waals surface area contributed by atoms with E-state index in [0.29, 0.717) is 25.4 Å². The van der Waals surface area contributed by atoms with Gasteiger partial charge in [-0.2, -0.15) is 0 Å². The number of aliphatic imine (C=N–C) groups is 1. The highest BCUT2D eigenvalue weighted by atomic mass is 32.1. The Kier molecular flexibility index (Phi) is 6.99. The predicted octanol–water partition coefficient (Wildman–Crippen LogP) is 3.07. The summed E-state index contributed by atoms with van der Waals surface area (Å²) in [6.07, 6.45) is 1.86. The Morgan fingerprint density at radius 2 is 2.12 bits per heavy atom. The largest absolute Gasteiger partial charge is 0.492 e. The van der Waals surface area contributed by atoms with Crippen molar-refractivity contribution in [3.05, 3.63) is 46.2 Å². The average molecular weight is 350 g/mol. The molecule has 0 atom stereocenters. The molecule has 24 heavy (non-hydrogen) atoms. The number of nitrogens with one attached hydrogen (secondary N) is 1. The number of rotatable bonds is 7. The van der Waals surface area contributed by atoms with E-state index >= 15 is 0 Å². The third kappa shape index (κ3) is 5.81. The van der Waals surface area contributed by atoms with Crippen LogP contribution in [0.3, 0.4) is 0 Å². The minimum Gasteiger partial charge on any atom is -0.492 e. The van der Waals surface area contributed by atoms with Crippen LogP contribution in [-0.2, 0) is 6.54 Å². The third-order valence-electron chi connectivity index (χ3n) is 3.24. The molecule has 5 nitrogen and oxygen atoms in total. The van der Waals surface area contributed by atoms with Gasteiger partial charge in [0.1, 0.15) is 23.2 Å². The summed E-state index contributed by atoms with van der Waals surface area (Å²) in [6, 6.07) is 6.03. The Hall–Kier alpha value is -2.15. The van der Waals surface area contributed by atoms with Crippen molar-refractivity contribution in [1.29, 1.82) is 0 Å². The number of likely N-dealkylation sites (N-methyl/N-ethyl adjacent to an activating group) is 1. The van der Waals surface area contributed by atoms with Crippen LogP contribution >= 0.6 is 11.3 Å². The maximum absolute atomic E-state index is 12.9. The van der Waals surface area contributed by atoms with E-state index < -0.39 is 0 Å². The van der Waals surface area contributed by atoms with Crippen molar-refractivity contribution in [2.45, 2.75) is 20.4 Å². The molecule has 7 heteroatoms. The highest BCUT2D eigenvalue weighted by Gasteiger charge is 2.07. The summed E-state index contributed by atoms with van der Waals surface area (Å²) in [6.45, 7) is 6.58. The smallest absolute Gasteiger partial charge is 0.194 e. The molecule has 0 aliphatic heterocycles. The van der Waals surface area contributed by atoms with Gasteiger partial charge < -0.3 is 15.0 Å². The lowest BCUT2D eigenvalue weighted by Gasteiger charge is -2.22. The van der Waals surface area contributed by atoms with Gasteiger partial charge in [0.25, 0.3) is 0 Å². The molecular weight excluding hydrogens is 327 g/mol. The molecule has 1 aromatic heterocycles. The summed E-state index contributed by atoms with van der Waals surface area (Å²) >= 11 is 1.66. The lowest BCUT2D eigenvalue weighted by molar-refractivity contribution is 0.281. The second-order valence-corrected chi connectivity index (χ2v) is 6.58. The van der Waals surface area contributed by atoms with E-state index in [4.69, 9.17) is 4.74 Å². The van der Waals surface area contributed by atoms with Crippen LogP contribution in [0, 0.1) is 12.7 Å². The van der Waals surface area contributed by atoms with Crippen molar-refractivity contribution in [1.82, 2.24) is 15.2 Å². The van der Waals surface area contributed by atoms with E-state index in [1.165, 1.54) is 17.0 Å². The molecule has 1 aromatic carbocycles. The Morgan fingerprint density at radius 3 is 2.75 bits per heavy atom. The SMILES string of the molecule is CCNC(=NCc1ncc(C)s1)N(C)CCOc1ccc(F)cc1. The monoisotopic (exact) mass is 350 g/mol. The molecule has 0 unspecified atom stereocenters. The van der Waals surface area contributed by atoms with E-state index in [1.54, 1.807) is 23.5 Å². The lowest BCUT2D eigenvalue weighted by atomic mass is 10.3. The van der Waals surface area contributed by atoms with Crippen LogP contribution in [0.1, 0.15) is 16.8 Å². The highest BCUT2D eigenvalue weighted by Crippen LogP contribution is 2.12. The minimum atomic E-state index is -0.265. The fraction of sp³-hybridized carbons (Fsp3) is 0.412. The molecule has 0 amide bonds. The second-order valence-electron chi connectivity index (χ2n) is 5.26. The van der Waals surface area contributed by atoms with Crippen molar-refractivity contribution in [2.75, 3.05) is 26.7 Å². The Labute approximate surface area is 146 Å². The lowest BCUT2D eigenvalue weighted by Crippen LogP contribution is -2.40. The van der Waals surface area contributed by atoms with Gasteiger partial charge in [0.05, 0.1) is 13.1 Å². The molecule has 0 bridgehead atoms. The zero-order chi connectivity index (χ0) is 17.4. The first kappa shape index (κ1) is 18.2. The summed E-state index contributed by atoms with van der Waals surface area (Å²) in [5.41, 5.74) is 0. The second kappa shape index (κ2) is 9.22. The fourth-order valence-corrected chi connectivity index (χ4v) is 2.74. The molecule has 0 spiro atoms. The molecule has 0 radical (unpaired) electrons. The van der Waals surface area contributed by atoms with Crippen LogP contribution in [0.2, 0.25) is 0 Å². The molecule has 0 aliphatic carbocycles. The van der Waals surface area contributed by atoms with E-state index in [1.807, 2.05) is 32.0 Å². The number of thiazole rings is 1. The predicted molar refractivity (Wildman–Crippen MR) is 96.2 cm³/mol. The molecule has 0 fully saturated rings. The van der Waals surface area contributed by atoms with Crippen molar-refractivity contribution in [2.24, 2.45) is 4.99 Å². The molecule has 2 rings (SSSR count). The van der Waals surface area contributed by atoms with Gasteiger partial charge in [-0.05, 0) is 38.1 Å². The average Bonchev–Trinajstić information content (AvgIpc) is 2.98. The van der Waals surface area contributed by atoms with E-state index in [9.17, 15) is 4.39 Å². The number of halogens is 1. The number of aryl methyl sites for hydroxylation is 1. The minimum absolute atomic E-state index is 0.265.